The molecule has 0 aliphatic rings. The van der Waals surface area contributed by atoms with E-state index in [0.717, 1.165) is 6.54 Å². The summed E-state index contributed by atoms with van der Waals surface area (Å²) < 4.78 is 4.25. The third-order valence-electron chi connectivity index (χ3n) is 0.203. The third-order valence-corrected chi connectivity index (χ3v) is 0.203. The average molecular weight is 195 g/mol. The van der Waals surface area contributed by atoms with E-state index in [2.05, 4.69) is 10.6 Å². The van der Waals surface area contributed by atoms with E-state index < -0.39 is 0 Å². The van der Waals surface area contributed by atoms with Gasteiger partial charge in [0.2, 0.25) is 5.91 Å². The lowest BCUT2D eigenvalue weighted by molar-refractivity contribution is -0.119. The van der Waals surface area contributed by atoms with Crippen LogP contribution in [0.1, 0.15) is 27.7 Å². The van der Waals surface area contributed by atoms with Crippen molar-refractivity contribution in [3.8, 4) is 0 Å². The Hall–Kier alpha value is -0.650. The largest absolute Gasteiger partial charge is 0.388 e. The summed E-state index contributed by atoms with van der Waals surface area (Å²) in [6.45, 7) is 8.00. The molecule has 0 atom stereocenters. The minimum Gasteiger partial charge on any atom is -0.388 e. The number of hydrogen-bond acceptors (Lipinski definition) is 4. The molecule has 0 radical (unpaired) electrons. The van der Waals surface area contributed by atoms with Crippen molar-refractivity contribution < 1.29 is 9.53 Å². The van der Waals surface area contributed by atoms with Crippen molar-refractivity contribution in [3.63, 3.8) is 0 Å². The maximum Gasteiger partial charge on any atom is 0.230 e. The number of nitrogens with two attached hydrogens (primary N) is 2. The molecule has 1 amide bonds. The predicted octanol–water partition coefficient (Wildman–Crippen LogP) is 0.250. The molecule has 0 aliphatic carbocycles. The summed E-state index contributed by atoms with van der Waals surface area (Å²) in [5.41, 5.74) is 6.74. The van der Waals surface area contributed by atoms with Gasteiger partial charge < -0.3 is 10.5 Å². The topological polar surface area (TPSA) is 90.4 Å². The molecule has 5 nitrogen and oxygen atoms in total. The van der Waals surface area contributed by atoms with Crippen LogP contribution in [-0.2, 0) is 9.53 Å². The summed E-state index contributed by atoms with van der Waals surface area (Å²) >= 11 is 0. The van der Waals surface area contributed by atoms with Crippen LogP contribution >= 0.6 is 0 Å². The van der Waals surface area contributed by atoms with Crippen molar-refractivity contribution in [1.82, 2.24) is 5.43 Å². The molecule has 0 heterocycles. The molecule has 0 fully saturated rings. The van der Waals surface area contributed by atoms with Crippen LogP contribution in [0.15, 0.2) is 0 Å². The fourth-order valence-corrected chi connectivity index (χ4v) is 0. The van der Waals surface area contributed by atoms with Gasteiger partial charge in [-0.15, -0.1) is 0 Å². The number of rotatable bonds is 0. The summed E-state index contributed by atoms with van der Waals surface area (Å²) in [7, 11) is 3.25. The van der Waals surface area contributed by atoms with Gasteiger partial charge in [-0.25, -0.2) is 5.84 Å². The smallest absolute Gasteiger partial charge is 0.230 e. The van der Waals surface area contributed by atoms with Gasteiger partial charge in [0.25, 0.3) is 0 Å². The summed E-state index contributed by atoms with van der Waals surface area (Å²) in [6.07, 6.45) is 0. The standard InChI is InChI=1S/C2H6N2O.C2H7N.C2H6O.C2H6/c1-2(5)4-3;1-2-3;1-3-2;1-2/h3H2,1H3,(H,4,5);2-3H2,1H3;1-2H3;1-2H3. The number of methoxy groups -OCH3 is 1. The number of carbonyl (C=O) groups excluding carboxylic acids is 1. The number of nitrogens with one attached hydrogen (secondary N) is 1. The second-order valence-electron chi connectivity index (χ2n) is 1.52. The van der Waals surface area contributed by atoms with E-state index in [0.29, 0.717) is 0 Å². The van der Waals surface area contributed by atoms with Gasteiger partial charge in [0.15, 0.2) is 0 Å². The van der Waals surface area contributed by atoms with E-state index in [1.165, 1.54) is 6.92 Å². The molecule has 5 N–H and O–H groups in total. The first-order valence-electron chi connectivity index (χ1n) is 4.17. The van der Waals surface area contributed by atoms with Gasteiger partial charge in [-0.05, 0) is 6.54 Å². The number of ether oxygens (including phenoxy) is 1. The van der Waals surface area contributed by atoms with Crippen molar-refractivity contribution in [2.45, 2.75) is 27.7 Å². The number of hydrogen-bond donors (Lipinski definition) is 3. The van der Waals surface area contributed by atoms with E-state index in [1.807, 2.05) is 26.2 Å². The van der Waals surface area contributed by atoms with Gasteiger partial charge >= 0.3 is 0 Å². The highest BCUT2D eigenvalue weighted by atomic mass is 16.4. The maximum atomic E-state index is 9.58. The van der Waals surface area contributed by atoms with Crippen LogP contribution in [0, 0.1) is 0 Å². The molecule has 0 spiro atoms. The second kappa shape index (κ2) is 42.5. The maximum absolute atomic E-state index is 9.58. The zero-order valence-corrected chi connectivity index (χ0v) is 9.68. The minimum absolute atomic E-state index is 0.218. The van der Waals surface area contributed by atoms with Crippen LogP contribution in [0.4, 0.5) is 0 Å². The molecule has 0 aliphatic heterocycles. The summed E-state index contributed by atoms with van der Waals surface area (Å²) in [6, 6.07) is 0. The normalized spacial score (nSPS) is 5.85. The fourth-order valence-electron chi connectivity index (χ4n) is 0. The molecule has 0 aromatic heterocycles. The van der Waals surface area contributed by atoms with Gasteiger partial charge in [0.05, 0.1) is 0 Å². The first-order chi connectivity index (χ1) is 6.10. The van der Waals surface area contributed by atoms with Crippen LogP contribution in [0.2, 0.25) is 0 Å². The Kier molecular flexibility index (Phi) is 74.6. The van der Waals surface area contributed by atoms with E-state index in [9.17, 15) is 4.79 Å². The summed E-state index contributed by atoms with van der Waals surface area (Å²) in [5, 5.41) is 0. The molecule has 5 heteroatoms. The Balaban J connectivity index is -0.0000000446. The summed E-state index contributed by atoms with van der Waals surface area (Å²) in [4.78, 5) is 9.58. The van der Waals surface area contributed by atoms with Crippen LogP contribution < -0.4 is 17.0 Å². The lowest BCUT2D eigenvalue weighted by atomic mass is 10.8. The number of amides is 1. The lowest BCUT2D eigenvalue weighted by Crippen LogP contribution is -2.26. The summed E-state index contributed by atoms with van der Waals surface area (Å²) in [5.74, 6) is 4.35. The van der Waals surface area contributed by atoms with E-state index in [1.54, 1.807) is 14.2 Å². The Bertz CT molecular complexity index is 68.4. The lowest BCUT2D eigenvalue weighted by Gasteiger charge is -1.80. The van der Waals surface area contributed by atoms with Gasteiger partial charge in [0, 0.05) is 21.1 Å². The SMILES string of the molecule is CC.CC(=O)NN.CCN.COC. The monoisotopic (exact) mass is 195 g/mol. The van der Waals surface area contributed by atoms with Gasteiger partial charge in [0.1, 0.15) is 0 Å². The Labute approximate surface area is 81.8 Å². The van der Waals surface area contributed by atoms with Gasteiger partial charge in [-0.2, -0.15) is 0 Å². The number of carbonyl (C=O) groups is 1. The molecule has 0 rings (SSSR count). The van der Waals surface area contributed by atoms with Crippen LogP contribution in [-0.4, -0.2) is 26.7 Å². The predicted molar refractivity (Wildman–Crippen MR) is 57.0 cm³/mol. The van der Waals surface area contributed by atoms with Crippen molar-refractivity contribution in [2.24, 2.45) is 11.6 Å². The van der Waals surface area contributed by atoms with Crippen LogP contribution in [0.5, 0.6) is 0 Å². The first kappa shape index (κ1) is 22.8. The Morgan fingerprint density at radius 3 is 1.46 bits per heavy atom. The number of hydrazine groups is 1. The molecule has 0 saturated heterocycles. The molecule has 84 valence electrons. The Morgan fingerprint density at radius 1 is 1.38 bits per heavy atom. The quantitative estimate of drug-likeness (QED) is 0.293. The molecule has 0 aromatic rings. The molecule has 0 bridgehead atoms. The Morgan fingerprint density at radius 2 is 1.46 bits per heavy atom. The highest BCUT2D eigenvalue weighted by Crippen LogP contribution is 1.41. The highest BCUT2D eigenvalue weighted by molar-refractivity contribution is 5.71. The van der Waals surface area contributed by atoms with E-state index in [4.69, 9.17) is 5.73 Å². The van der Waals surface area contributed by atoms with Crippen molar-refractivity contribution in [3.05, 3.63) is 0 Å². The molecular weight excluding hydrogens is 170 g/mol. The van der Waals surface area contributed by atoms with Crippen LogP contribution in [0.25, 0.3) is 0 Å². The van der Waals surface area contributed by atoms with Crippen molar-refractivity contribution >= 4 is 5.91 Å². The third kappa shape index (κ3) is 544. The second-order valence-corrected chi connectivity index (χ2v) is 1.52. The molecular formula is C8H25N3O2. The average Bonchev–Trinajstić information content (AvgIpc) is 2.11. The minimum atomic E-state index is -0.218. The van der Waals surface area contributed by atoms with Crippen molar-refractivity contribution in [2.75, 3.05) is 20.8 Å². The molecule has 0 aromatic carbocycles. The molecule has 13 heavy (non-hydrogen) atoms. The van der Waals surface area contributed by atoms with Gasteiger partial charge in [-0.3, -0.25) is 10.2 Å². The highest BCUT2D eigenvalue weighted by Gasteiger charge is 1.73. The van der Waals surface area contributed by atoms with E-state index >= 15 is 0 Å². The zero-order chi connectivity index (χ0) is 11.7. The van der Waals surface area contributed by atoms with E-state index in [-0.39, 0.29) is 5.91 Å². The van der Waals surface area contributed by atoms with Crippen LogP contribution in [0.3, 0.4) is 0 Å². The molecule has 0 saturated carbocycles. The fraction of sp³-hybridized carbons (Fsp3) is 0.875. The van der Waals surface area contributed by atoms with Crippen molar-refractivity contribution in [1.29, 1.82) is 0 Å². The first-order valence-corrected chi connectivity index (χ1v) is 4.17. The molecule has 0 unspecified atom stereocenters. The zero-order valence-electron chi connectivity index (χ0n) is 9.68. The van der Waals surface area contributed by atoms with Gasteiger partial charge in [-0.1, -0.05) is 20.8 Å².